The number of anilines is 1. The molecule has 41 heavy (non-hydrogen) atoms. The number of alkyl halides is 1. The van der Waals surface area contributed by atoms with E-state index in [1.54, 1.807) is 6.20 Å². The number of aromatic amines is 1. The van der Waals surface area contributed by atoms with Gasteiger partial charge in [0.2, 0.25) is 23.6 Å². The normalized spacial score (nSPS) is 19.2. The van der Waals surface area contributed by atoms with E-state index in [2.05, 4.69) is 20.6 Å². The topological polar surface area (TPSA) is 137 Å². The Bertz CT molecular complexity index is 1240. The van der Waals surface area contributed by atoms with Gasteiger partial charge >= 0.3 is 0 Å². The minimum atomic E-state index is -0.882. The van der Waals surface area contributed by atoms with E-state index >= 15 is 0 Å². The average Bonchev–Trinajstić information content (AvgIpc) is 3.60. The Morgan fingerprint density at radius 2 is 2.05 bits per heavy atom. The lowest BCUT2D eigenvalue weighted by atomic mass is 9.95. The number of nitrogens with zero attached hydrogens (tertiary/aromatic N) is 3. The minimum Gasteiger partial charge on any atom is -0.377 e. The molecule has 4 atom stereocenters. The highest BCUT2D eigenvalue weighted by Crippen LogP contribution is 2.39. The van der Waals surface area contributed by atoms with Gasteiger partial charge in [0.1, 0.15) is 24.8 Å². The summed E-state index contributed by atoms with van der Waals surface area (Å²) in [6, 6.07) is 3.32. The molecule has 0 bridgehead atoms. The monoisotopic (exact) mass is 570 g/mol. The number of para-hydroxylation sites is 1. The zero-order chi connectivity index (χ0) is 29.5. The Balaban J connectivity index is 1.55. The van der Waals surface area contributed by atoms with Crippen LogP contribution in [0.15, 0.2) is 30.7 Å². The maximum absolute atomic E-state index is 14.0. The van der Waals surface area contributed by atoms with Gasteiger partial charge in [0.15, 0.2) is 0 Å². The second-order valence-electron chi connectivity index (χ2n) is 10.6. The molecule has 1 aromatic carbocycles. The van der Waals surface area contributed by atoms with Crippen LogP contribution in [0.3, 0.4) is 0 Å². The molecule has 0 saturated carbocycles. The first-order chi connectivity index (χ1) is 19.8. The Morgan fingerprint density at radius 3 is 2.73 bits per heavy atom. The van der Waals surface area contributed by atoms with Crippen molar-refractivity contribution in [2.75, 3.05) is 31.3 Å². The number of aromatic nitrogens is 2. The lowest BCUT2D eigenvalue weighted by molar-refractivity contribution is -0.143. The van der Waals surface area contributed by atoms with Gasteiger partial charge in [-0.15, -0.1) is 0 Å². The summed E-state index contributed by atoms with van der Waals surface area (Å²) < 4.78 is 17.7. The smallest absolute Gasteiger partial charge is 0.250 e. The Kier molecular flexibility index (Phi) is 10.1. The van der Waals surface area contributed by atoms with E-state index in [1.807, 2.05) is 32.0 Å². The fourth-order valence-corrected chi connectivity index (χ4v) is 5.66. The van der Waals surface area contributed by atoms with E-state index in [1.165, 1.54) is 23.1 Å². The van der Waals surface area contributed by atoms with Crippen LogP contribution in [0, 0.1) is 5.92 Å². The molecule has 222 valence electrons. The van der Waals surface area contributed by atoms with Crippen LogP contribution in [0.25, 0.3) is 0 Å². The third-order valence-electron chi connectivity index (χ3n) is 7.92. The lowest BCUT2D eigenvalue weighted by Crippen LogP contribution is -2.59. The predicted octanol–water partition coefficient (Wildman–Crippen LogP) is 1.66. The average molecular weight is 571 g/mol. The molecule has 0 saturated heterocycles. The zero-order valence-electron chi connectivity index (χ0n) is 23.8. The number of rotatable bonds is 13. The number of carbonyl (C=O) groups is 4. The summed E-state index contributed by atoms with van der Waals surface area (Å²) in [6.07, 6.45) is 5.03. The highest BCUT2D eigenvalue weighted by molar-refractivity contribution is 6.08. The van der Waals surface area contributed by atoms with E-state index in [0.717, 1.165) is 22.5 Å². The van der Waals surface area contributed by atoms with Gasteiger partial charge in [0.25, 0.3) is 0 Å². The minimum absolute atomic E-state index is 0.0858. The Morgan fingerprint density at radius 1 is 1.27 bits per heavy atom. The van der Waals surface area contributed by atoms with Crippen molar-refractivity contribution < 1.29 is 28.3 Å². The summed E-state index contributed by atoms with van der Waals surface area (Å²) in [5, 5.41) is 5.82. The molecule has 2 aliphatic rings. The second-order valence-corrected chi connectivity index (χ2v) is 10.6. The number of hydrogen-bond donors (Lipinski definition) is 3. The molecule has 0 fully saturated rings. The molecule has 0 unspecified atom stereocenters. The van der Waals surface area contributed by atoms with Crippen molar-refractivity contribution in [3.05, 3.63) is 47.5 Å². The summed E-state index contributed by atoms with van der Waals surface area (Å²) >= 11 is 0. The number of ether oxygens (including phenoxy) is 1. The zero-order valence-corrected chi connectivity index (χ0v) is 23.8. The third-order valence-corrected chi connectivity index (χ3v) is 7.92. The van der Waals surface area contributed by atoms with Crippen LogP contribution in [0.5, 0.6) is 0 Å². The molecule has 3 N–H and O–H groups in total. The number of nitrogens with one attached hydrogen (secondary N) is 3. The van der Waals surface area contributed by atoms with Gasteiger partial charge in [-0.3, -0.25) is 24.1 Å². The molecule has 4 rings (SSSR count). The van der Waals surface area contributed by atoms with Crippen molar-refractivity contribution >= 4 is 29.3 Å². The quantitative estimate of drug-likeness (QED) is 0.314. The number of carbonyl (C=O) groups excluding carboxylic acids is 4. The third kappa shape index (κ3) is 6.75. The van der Waals surface area contributed by atoms with Gasteiger partial charge in [0.05, 0.1) is 37.5 Å². The molecular weight excluding hydrogens is 531 g/mol. The van der Waals surface area contributed by atoms with Crippen LogP contribution in [0.1, 0.15) is 50.4 Å². The summed E-state index contributed by atoms with van der Waals surface area (Å²) in [6.45, 7) is 4.91. The number of H-pyrrole nitrogens is 1. The van der Waals surface area contributed by atoms with Crippen LogP contribution < -0.4 is 15.5 Å². The molecule has 2 aromatic rings. The first kappa shape index (κ1) is 30.2. The van der Waals surface area contributed by atoms with Gasteiger partial charge in [-0.25, -0.2) is 9.37 Å². The largest absolute Gasteiger partial charge is 0.377 e. The Hall–Kier alpha value is -3.80. The van der Waals surface area contributed by atoms with E-state index in [4.69, 9.17) is 4.74 Å². The van der Waals surface area contributed by atoms with Crippen molar-refractivity contribution in [2.45, 2.75) is 71.1 Å². The van der Waals surface area contributed by atoms with Gasteiger partial charge in [0, 0.05) is 26.1 Å². The van der Waals surface area contributed by atoms with Crippen molar-refractivity contribution in [2.24, 2.45) is 5.92 Å². The predicted molar refractivity (Wildman–Crippen MR) is 150 cm³/mol. The van der Waals surface area contributed by atoms with Crippen LogP contribution >= 0.6 is 0 Å². The first-order valence-corrected chi connectivity index (χ1v) is 14.2. The maximum atomic E-state index is 14.0. The SMILES string of the molecule is CC[C@H](C)[C@@H](C(=O)N[C@H]1CCc2cccc3c2N(C1=O)[C@H](C(=O)NCc1cnc[nH]1)C3)N(CCOCCF)C(C)=O. The lowest BCUT2D eigenvalue weighted by Gasteiger charge is -2.35. The number of benzene rings is 1. The summed E-state index contributed by atoms with van der Waals surface area (Å²) in [7, 11) is 0. The highest BCUT2D eigenvalue weighted by atomic mass is 19.1. The summed E-state index contributed by atoms with van der Waals surface area (Å²) in [5.74, 6) is -1.61. The van der Waals surface area contributed by atoms with E-state index in [-0.39, 0.29) is 49.9 Å². The second kappa shape index (κ2) is 13.7. The molecule has 0 spiro atoms. The van der Waals surface area contributed by atoms with Gasteiger partial charge in [-0.05, 0) is 29.9 Å². The number of hydrogen-bond acceptors (Lipinski definition) is 6. The molecule has 3 heterocycles. The van der Waals surface area contributed by atoms with Crippen molar-refractivity contribution in [3.63, 3.8) is 0 Å². The standard InChI is InChI=1S/C29H39FN6O5/c1-4-18(2)25(35(19(3)37)11-13-41-12-10-30)28(39)34-23-9-8-20-6-5-7-21-14-24(36(26(20)21)29(23)40)27(38)32-16-22-15-31-17-33-22/h5-7,15,17-18,23-25H,4,8-14,16H2,1-3H3,(H,31,33)(H,32,38)(H,34,39)/t18-,23-,24-,25-/m0/s1. The fourth-order valence-electron chi connectivity index (χ4n) is 5.66. The van der Waals surface area contributed by atoms with Crippen LogP contribution in [-0.4, -0.2) is 83.1 Å². The van der Waals surface area contributed by atoms with Gasteiger partial charge < -0.3 is 25.3 Å². The van der Waals surface area contributed by atoms with Crippen LogP contribution in [0.2, 0.25) is 0 Å². The molecule has 11 nitrogen and oxygen atoms in total. The molecule has 1 aromatic heterocycles. The van der Waals surface area contributed by atoms with Gasteiger partial charge in [-0.2, -0.15) is 0 Å². The maximum Gasteiger partial charge on any atom is 0.250 e. The summed E-state index contributed by atoms with van der Waals surface area (Å²) in [4.78, 5) is 63.6. The molecular formula is C29H39FN6O5. The molecule has 4 amide bonds. The number of amides is 4. The number of imidazole rings is 1. The molecule has 0 aliphatic carbocycles. The summed E-state index contributed by atoms with van der Waals surface area (Å²) in [5.41, 5.74) is 3.34. The van der Waals surface area contributed by atoms with Crippen molar-refractivity contribution in [3.8, 4) is 0 Å². The first-order valence-electron chi connectivity index (χ1n) is 14.2. The molecule has 0 radical (unpaired) electrons. The van der Waals surface area contributed by atoms with Crippen LogP contribution in [0.4, 0.5) is 10.1 Å². The van der Waals surface area contributed by atoms with Crippen LogP contribution in [-0.2, 0) is 43.3 Å². The van der Waals surface area contributed by atoms with E-state index in [0.29, 0.717) is 25.7 Å². The molecule has 2 aliphatic heterocycles. The van der Waals surface area contributed by atoms with E-state index in [9.17, 15) is 23.6 Å². The van der Waals surface area contributed by atoms with E-state index < -0.39 is 30.7 Å². The van der Waals surface area contributed by atoms with Crippen molar-refractivity contribution in [1.82, 2.24) is 25.5 Å². The van der Waals surface area contributed by atoms with Gasteiger partial charge in [-0.1, -0.05) is 38.5 Å². The number of halogens is 1. The van der Waals surface area contributed by atoms with Crippen molar-refractivity contribution in [1.29, 1.82) is 0 Å². The highest BCUT2D eigenvalue weighted by Gasteiger charge is 2.45. The molecule has 12 heteroatoms. The number of aryl methyl sites for hydroxylation is 1. The fraction of sp³-hybridized carbons (Fsp3) is 0.552. The Labute approximate surface area is 239 Å².